The van der Waals surface area contributed by atoms with Crippen molar-refractivity contribution in [3.05, 3.63) is 60.6 Å². The third kappa shape index (κ3) is 2.42. The summed E-state index contributed by atoms with van der Waals surface area (Å²) in [7, 11) is 0. The second-order valence-electron chi connectivity index (χ2n) is 6.12. The highest BCUT2D eigenvalue weighted by Gasteiger charge is 2.13. The molecule has 2 aromatic heterocycles. The van der Waals surface area contributed by atoms with Crippen LogP contribution in [0.3, 0.4) is 0 Å². The van der Waals surface area contributed by atoms with E-state index >= 15 is 0 Å². The summed E-state index contributed by atoms with van der Waals surface area (Å²) in [5.74, 6) is 0. The summed E-state index contributed by atoms with van der Waals surface area (Å²) in [4.78, 5) is 8.71. The van der Waals surface area contributed by atoms with Crippen LogP contribution in [-0.4, -0.2) is 9.97 Å². The third-order valence-corrected chi connectivity index (χ3v) is 3.55. The van der Waals surface area contributed by atoms with Crippen LogP contribution in [0, 0.1) is 0 Å². The zero-order valence-corrected chi connectivity index (χ0v) is 12.1. The largest absolute Gasteiger partial charge is 0.264 e. The van der Waals surface area contributed by atoms with Crippen LogP contribution < -0.4 is 0 Å². The Bertz CT molecular complexity index is 740. The molecule has 0 atom stereocenters. The molecule has 0 unspecified atom stereocenters. The van der Waals surface area contributed by atoms with Crippen molar-refractivity contribution in [2.75, 3.05) is 0 Å². The van der Waals surface area contributed by atoms with Gasteiger partial charge < -0.3 is 0 Å². The third-order valence-electron chi connectivity index (χ3n) is 3.55. The molecule has 3 aromatic rings. The van der Waals surface area contributed by atoms with Gasteiger partial charge in [-0.3, -0.25) is 9.97 Å². The van der Waals surface area contributed by atoms with Gasteiger partial charge in [0.05, 0.1) is 5.69 Å². The zero-order valence-electron chi connectivity index (χ0n) is 12.1. The van der Waals surface area contributed by atoms with Crippen molar-refractivity contribution in [1.82, 2.24) is 9.97 Å². The van der Waals surface area contributed by atoms with Gasteiger partial charge in [0, 0.05) is 29.5 Å². The number of benzene rings is 1. The van der Waals surface area contributed by atoms with Crippen LogP contribution >= 0.6 is 0 Å². The van der Waals surface area contributed by atoms with Gasteiger partial charge in [0.2, 0.25) is 0 Å². The first-order valence-corrected chi connectivity index (χ1v) is 6.85. The fourth-order valence-corrected chi connectivity index (χ4v) is 2.28. The molecular weight excluding hydrogens is 244 g/mol. The molecule has 3 rings (SSSR count). The molecular formula is C18H18N2. The van der Waals surface area contributed by atoms with Crippen LogP contribution in [0.2, 0.25) is 0 Å². The monoisotopic (exact) mass is 262 g/mol. The normalized spacial score (nSPS) is 11.8. The standard InChI is InChI=1S/C18H18N2/c1-18(2,3)16-7-6-13-10-17(20-12-15(13)9-16)14-5-4-8-19-11-14/h4-12H,1-3H3. The Labute approximate surface area is 119 Å². The van der Waals surface area contributed by atoms with Gasteiger partial charge in [0.15, 0.2) is 0 Å². The van der Waals surface area contributed by atoms with Gasteiger partial charge in [-0.1, -0.05) is 32.9 Å². The molecule has 0 aliphatic rings. The minimum Gasteiger partial charge on any atom is -0.264 e. The quantitative estimate of drug-likeness (QED) is 0.640. The fraction of sp³-hybridized carbons (Fsp3) is 0.222. The molecule has 0 saturated heterocycles. The van der Waals surface area contributed by atoms with E-state index in [1.807, 2.05) is 24.5 Å². The Morgan fingerprint density at radius 1 is 0.900 bits per heavy atom. The van der Waals surface area contributed by atoms with Crippen molar-refractivity contribution >= 4 is 10.8 Å². The maximum Gasteiger partial charge on any atom is 0.0723 e. The molecule has 0 bridgehead atoms. The lowest BCUT2D eigenvalue weighted by atomic mass is 9.86. The van der Waals surface area contributed by atoms with E-state index in [4.69, 9.17) is 0 Å². The molecule has 0 spiro atoms. The molecule has 100 valence electrons. The molecule has 2 heteroatoms. The van der Waals surface area contributed by atoms with E-state index in [0.717, 1.165) is 11.3 Å². The van der Waals surface area contributed by atoms with Crippen molar-refractivity contribution in [2.45, 2.75) is 26.2 Å². The molecule has 0 saturated carbocycles. The van der Waals surface area contributed by atoms with Crippen molar-refractivity contribution in [1.29, 1.82) is 0 Å². The Morgan fingerprint density at radius 3 is 2.45 bits per heavy atom. The van der Waals surface area contributed by atoms with E-state index in [2.05, 4.69) is 55.0 Å². The Balaban J connectivity index is 2.10. The first kappa shape index (κ1) is 12.8. The zero-order chi connectivity index (χ0) is 14.2. The Kier molecular flexibility index (Phi) is 3.01. The van der Waals surface area contributed by atoms with Gasteiger partial charge in [-0.2, -0.15) is 0 Å². The van der Waals surface area contributed by atoms with Crippen molar-refractivity contribution in [2.24, 2.45) is 0 Å². The lowest BCUT2D eigenvalue weighted by Crippen LogP contribution is -2.10. The Hall–Kier alpha value is -2.22. The highest BCUT2D eigenvalue weighted by atomic mass is 14.7. The minimum absolute atomic E-state index is 0.163. The van der Waals surface area contributed by atoms with Crippen molar-refractivity contribution < 1.29 is 0 Å². The topological polar surface area (TPSA) is 25.8 Å². The lowest BCUT2D eigenvalue weighted by Gasteiger charge is -2.19. The van der Waals surface area contributed by atoms with Gasteiger partial charge in [-0.25, -0.2) is 0 Å². The SMILES string of the molecule is CC(C)(C)c1ccc2cc(-c3cccnc3)ncc2c1. The molecule has 0 aliphatic carbocycles. The molecule has 20 heavy (non-hydrogen) atoms. The van der Waals surface area contributed by atoms with Crippen LogP contribution in [0.15, 0.2) is 55.0 Å². The average molecular weight is 262 g/mol. The molecule has 0 radical (unpaired) electrons. The van der Waals surface area contributed by atoms with E-state index in [9.17, 15) is 0 Å². The summed E-state index contributed by atoms with van der Waals surface area (Å²) in [5, 5.41) is 2.40. The average Bonchev–Trinajstić information content (AvgIpc) is 2.46. The maximum atomic E-state index is 4.56. The highest BCUT2D eigenvalue weighted by Crippen LogP contribution is 2.27. The first-order valence-electron chi connectivity index (χ1n) is 6.85. The summed E-state index contributed by atoms with van der Waals surface area (Å²) < 4.78 is 0. The number of fused-ring (bicyclic) bond motifs is 1. The summed E-state index contributed by atoms with van der Waals surface area (Å²) in [5.41, 5.74) is 3.51. The van der Waals surface area contributed by atoms with Gasteiger partial charge >= 0.3 is 0 Å². The van der Waals surface area contributed by atoms with E-state index in [-0.39, 0.29) is 5.41 Å². The summed E-state index contributed by atoms with van der Waals surface area (Å²) in [6, 6.07) is 12.7. The molecule has 2 nitrogen and oxygen atoms in total. The fourth-order valence-electron chi connectivity index (χ4n) is 2.28. The van der Waals surface area contributed by atoms with Crippen molar-refractivity contribution in [3.8, 4) is 11.3 Å². The predicted octanol–water partition coefficient (Wildman–Crippen LogP) is 4.59. The van der Waals surface area contributed by atoms with Crippen LogP contribution in [0.5, 0.6) is 0 Å². The molecule has 0 fully saturated rings. The molecule has 1 aromatic carbocycles. The summed E-state index contributed by atoms with van der Waals surface area (Å²) >= 11 is 0. The van der Waals surface area contributed by atoms with E-state index in [1.54, 1.807) is 6.20 Å². The van der Waals surface area contributed by atoms with Gasteiger partial charge in [-0.15, -0.1) is 0 Å². The Morgan fingerprint density at radius 2 is 1.75 bits per heavy atom. The van der Waals surface area contributed by atoms with Crippen LogP contribution in [0.4, 0.5) is 0 Å². The van der Waals surface area contributed by atoms with Crippen LogP contribution in [0.25, 0.3) is 22.0 Å². The molecule has 0 amide bonds. The molecule has 0 N–H and O–H groups in total. The van der Waals surface area contributed by atoms with E-state index < -0.39 is 0 Å². The van der Waals surface area contributed by atoms with Gasteiger partial charge in [-0.05, 0) is 40.6 Å². The number of hydrogen-bond donors (Lipinski definition) is 0. The van der Waals surface area contributed by atoms with Gasteiger partial charge in [0.1, 0.15) is 0 Å². The van der Waals surface area contributed by atoms with Crippen molar-refractivity contribution in [3.63, 3.8) is 0 Å². The molecule has 0 aliphatic heterocycles. The second-order valence-corrected chi connectivity index (χ2v) is 6.12. The van der Waals surface area contributed by atoms with Gasteiger partial charge in [0.25, 0.3) is 0 Å². The number of rotatable bonds is 1. The smallest absolute Gasteiger partial charge is 0.0723 e. The lowest BCUT2D eigenvalue weighted by molar-refractivity contribution is 0.591. The maximum absolute atomic E-state index is 4.56. The van der Waals surface area contributed by atoms with Crippen LogP contribution in [-0.2, 0) is 5.41 Å². The number of nitrogens with zero attached hydrogens (tertiary/aromatic N) is 2. The molecule has 2 heterocycles. The predicted molar refractivity (Wildman–Crippen MR) is 83.7 cm³/mol. The summed E-state index contributed by atoms with van der Waals surface area (Å²) in [6.07, 6.45) is 5.57. The van der Waals surface area contributed by atoms with E-state index in [1.165, 1.54) is 16.3 Å². The van der Waals surface area contributed by atoms with Crippen LogP contribution in [0.1, 0.15) is 26.3 Å². The minimum atomic E-state index is 0.163. The number of pyridine rings is 2. The first-order chi connectivity index (χ1) is 9.54. The number of hydrogen-bond acceptors (Lipinski definition) is 2. The number of aromatic nitrogens is 2. The second kappa shape index (κ2) is 4.71. The summed E-state index contributed by atoms with van der Waals surface area (Å²) in [6.45, 7) is 6.68. The highest BCUT2D eigenvalue weighted by molar-refractivity contribution is 5.85. The van der Waals surface area contributed by atoms with E-state index in [0.29, 0.717) is 0 Å².